The van der Waals surface area contributed by atoms with Gasteiger partial charge in [-0.3, -0.25) is 9.89 Å². The smallest absolute Gasteiger partial charge is 0.256 e. The monoisotopic (exact) mass is 271 g/mol. The van der Waals surface area contributed by atoms with E-state index in [4.69, 9.17) is 0 Å². The van der Waals surface area contributed by atoms with Gasteiger partial charge in [-0.05, 0) is 38.1 Å². The molecule has 2 aromatic heterocycles. The van der Waals surface area contributed by atoms with Crippen molar-refractivity contribution >= 4 is 33.8 Å². The number of hydrogen-bond donors (Lipinski definition) is 2. The Morgan fingerprint density at radius 3 is 2.89 bits per heavy atom. The molecule has 1 aromatic carbocycles. The van der Waals surface area contributed by atoms with E-state index in [0.29, 0.717) is 0 Å². The highest BCUT2D eigenvalue weighted by Crippen LogP contribution is 2.22. The van der Waals surface area contributed by atoms with E-state index in [9.17, 15) is 4.79 Å². The van der Waals surface area contributed by atoms with Gasteiger partial charge in [-0.25, -0.2) is 0 Å². The average molecular weight is 271 g/mol. The largest absolute Gasteiger partial charge is 0.322 e. The van der Waals surface area contributed by atoms with E-state index in [1.54, 1.807) is 17.5 Å². The van der Waals surface area contributed by atoms with Crippen LogP contribution in [-0.4, -0.2) is 16.1 Å². The number of benzene rings is 1. The van der Waals surface area contributed by atoms with Gasteiger partial charge in [0.05, 0.1) is 17.3 Å². The van der Waals surface area contributed by atoms with Gasteiger partial charge in [-0.15, -0.1) is 11.3 Å². The van der Waals surface area contributed by atoms with Crippen LogP contribution in [0, 0.1) is 13.8 Å². The van der Waals surface area contributed by atoms with Gasteiger partial charge in [-0.2, -0.15) is 5.10 Å². The van der Waals surface area contributed by atoms with Crippen LogP contribution in [0.2, 0.25) is 0 Å². The quantitative estimate of drug-likeness (QED) is 0.749. The standard InChI is InChI=1S/C14H13N3OS/c1-8-5-12(9(2)19-8)14(18)16-11-4-3-10-7-15-17-13(10)6-11/h3-7H,1-2H3,(H,15,17)(H,16,18). The van der Waals surface area contributed by atoms with Crippen molar-refractivity contribution in [3.63, 3.8) is 0 Å². The zero-order chi connectivity index (χ0) is 13.4. The molecule has 2 N–H and O–H groups in total. The number of aromatic amines is 1. The molecular weight excluding hydrogens is 258 g/mol. The van der Waals surface area contributed by atoms with Crippen molar-refractivity contribution in [1.82, 2.24) is 10.2 Å². The minimum absolute atomic E-state index is 0.0688. The lowest BCUT2D eigenvalue weighted by molar-refractivity contribution is 0.102. The van der Waals surface area contributed by atoms with Crippen LogP contribution in [0.15, 0.2) is 30.5 Å². The van der Waals surface area contributed by atoms with Crippen molar-refractivity contribution in [2.24, 2.45) is 0 Å². The van der Waals surface area contributed by atoms with Crippen LogP contribution in [-0.2, 0) is 0 Å². The fraction of sp³-hybridized carbons (Fsp3) is 0.143. The molecule has 0 spiro atoms. The molecule has 0 saturated heterocycles. The van der Waals surface area contributed by atoms with Crippen molar-refractivity contribution in [3.8, 4) is 0 Å². The summed E-state index contributed by atoms with van der Waals surface area (Å²) in [5.74, 6) is -0.0688. The minimum Gasteiger partial charge on any atom is -0.322 e. The highest BCUT2D eigenvalue weighted by molar-refractivity contribution is 7.12. The maximum atomic E-state index is 12.2. The zero-order valence-corrected chi connectivity index (χ0v) is 11.5. The Bertz CT molecular complexity index is 757. The maximum Gasteiger partial charge on any atom is 0.256 e. The fourth-order valence-electron chi connectivity index (χ4n) is 2.07. The van der Waals surface area contributed by atoms with E-state index in [0.717, 1.165) is 31.9 Å². The SMILES string of the molecule is Cc1cc(C(=O)Nc2ccc3cn[nH]c3c2)c(C)s1. The van der Waals surface area contributed by atoms with Crippen molar-refractivity contribution in [1.29, 1.82) is 0 Å². The van der Waals surface area contributed by atoms with Crippen LogP contribution in [0.5, 0.6) is 0 Å². The second-order valence-corrected chi connectivity index (χ2v) is 5.91. The van der Waals surface area contributed by atoms with Gasteiger partial charge in [0.1, 0.15) is 0 Å². The molecule has 5 heteroatoms. The Morgan fingerprint density at radius 2 is 2.16 bits per heavy atom. The molecule has 0 fully saturated rings. The Kier molecular flexibility index (Phi) is 2.83. The van der Waals surface area contributed by atoms with Crippen LogP contribution in [0.1, 0.15) is 20.1 Å². The molecule has 3 aromatic rings. The topological polar surface area (TPSA) is 57.8 Å². The molecule has 2 heterocycles. The third kappa shape index (κ3) is 2.24. The summed E-state index contributed by atoms with van der Waals surface area (Å²) in [7, 11) is 0. The van der Waals surface area contributed by atoms with Crippen molar-refractivity contribution < 1.29 is 4.79 Å². The Balaban J connectivity index is 1.88. The number of anilines is 1. The Hall–Kier alpha value is -2.14. The first-order valence-electron chi connectivity index (χ1n) is 5.95. The number of carbonyl (C=O) groups is 1. The van der Waals surface area contributed by atoms with Gasteiger partial charge in [-0.1, -0.05) is 0 Å². The highest BCUT2D eigenvalue weighted by Gasteiger charge is 2.12. The van der Waals surface area contributed by atoms with Gasteiger partial charge >= 0.3 is 0 Å². The average Bonchev–Trinajstić information content (AvgIpc) is 2.94. The number of hydrogen-bond acceptors (Lipinski definition) is 3. The summed E-state index contributed by atoms with van der Waals surface area (Å²) in [5.41, 5.74) is 2.42. The van der Waals surface area contributed by atoms with Gasteiger partial charge in [0.2, 0.25) is 0 Å². The first kappa shape index (κ1) is 11.9. The summed E-state index contributed by atoms with van der Waals surface area (Å²) in [5, 5.41) is 10.8. The van der Waals surface area contributed by atoms with E-state index >= 15 is 0 Å². The van der Waals surface area contributed by atoms with Gasteiger partial charge in [0.25, 0.3) is 5.91 Å². The molecule has 0 saturated carbocycles. The molecule has 0 bridgehead atoms. The maximum absolute atomic E-state index is 12.2. The van der Waals surface area contributed by atoms with E-state index in [2.05, 4.69) is 15.5 Å². The zero-order valence-electron chi connectivity index (χ0n) is 10.7. The lowest BCUT2D eigenvalue weighted by atomic mass is 10.2. The van der Waals surface area contributed by atoms with Crippen LogP contribution in [0.3, 0.4) is 0 Å². The molecule has 0 unspecified atom stereocenters. The van der Waals surface area contributed by atoms with Crippen molar-refractivity contribution in [2.45, 2.75) is 13.8 Å². The lowest BCUT2D eigenvalue weighted by Crippen LogP contribution is -2.11. The van der Waals surface area contributed by atoms with E-state index < -0.39 is 0 Å². The van der Waals surface area contributed by atoms with Gasteiger partial charge in [0.15, 0.2) is 0 Å². The molecule has 19 heavy (non-hydrogen) atoms. The van der Waals surface area contributed by atoms with Crippen LogP contribution in [0.4, 0.5) is 5.69 Å². The number of thiophene rings is 1. The molecule has 3 rings (SSSR count). The fourth-order valence-corrected chi connectivity index (χ4v) is 2.99. The highest BCUT2D eigenvalue weighted by atomic mass is 32.1. The van der Waals surface area contributed by atoms with Crippen LogP contribution in [0.25, 0.3) is 10.9 Å². The molecule has 0 aliphatic heterocycles. The van der Waals surface area contributed by atoms with E-state index in [1.165, 1.54) is 0 Å². The molecule has 0 aliphatic carbocycles. The van der Waals surface area contributed by atoms with E-state index in [1.807, 2.05) is 38.1 Å². The second kappa shape index (κ2) is 4.51. The summed E-state index contributed by atoms with van der Waals surface area (Å²) < 4.78 is 0. The summed E-state index contributed by atoms with van der Waals surface area (Å²) in [6, 6.07) is 7.61. The molecule has 0 atom stereocenters. The molecular formula is C14H13N3OS. The minimum atomic E-state index is -0.0688. The number of aryl methyl sites for hydroxylation is 2. The molecule has 1 amide bonds. The number of H-pyrrole nitrogens is 1. The van der Waals surface area contributed by atoms with Gasteiger partial charge < -0.3 is 5.32 Å². The lowest BCUT2D eigenvalue weighted by Gasteiger charge is -2.04. The van der Waals surface area contributed by atoms with E-state index in [-0.39, 0.29) is 5.91 Å². The first-order chi connectivity index (χ1) is 9.13. The third-order valence-corrected chi connectivity index (χ3v) is 3.95. The molecule has 0 aliphatic rings. The number of nitrogens with one attached hydrogen (secondary N) is 2. The number of amides is 1. The third-order valence-electron chi connectivity index (χ3n) is 2.99. The number of fused-ring (bicyclic) bond motifs is 1. The Morgan fingerprint density at radius 1 is 1.32 bits per heavy atom. The molecule has 4 nitrogen and oxygen atoms in total. The summed E-state index contributed by atoms with van der Waals surface area (Å²) in [6.07, 6.45) is 1.76. The van der Waals surface area contributed by atoms with Crippen LogP contribution >= 0.6 is 11.3 Å². The second-order valence-electron chi connectivity index (χ2n) is 4.45. The van der Waals surface area contributed by atoms with Gasteiger partial charge in [0, 0.05) is 20.8 Å². The molecule has 0 radical (unpaired) electrons. The number of nitrogens with zero attached hydrogens (tertiary/aromatic N) is 1. The normalized spacial score (nSPS) is 10.8. The predicted molar refractivity (Wildman–Crippen MR) is 77.8 cm³/mol. The number of aromatic nitrogens is 2. The molecule has 96 valence electrons. The summed E-state index contributed by atoms with van der Waals surface area (Å²) in [4.78, 5) is 14.4. The number of carbonyl (C=O) groups excluding carboxylic acids is 1. The first-order valence-corrected chi connectivity index (χ1v) is 6.76. The van der Waals surface area contributed by atoms with Crippen molar-refractivity contribution in [3.05, 3.63) is 45.8 Å². The number of rotatable bonds is 2. The Labute approximate surface area is 114 Å². The summed E-state index contributed by atoms with van der Waals surface area (Å²) >= 11 is 1.64. The van der Waals surface area contributed by atoms with Crippen molar-refractivity contribution in [2.75, 3.05) is 5.32 Å². The predicted octanol–water partition coefficient (Wildman–Crippen LogP) is 3.49. The van der Waals surface area contributed by atoms with Crippen LogP contribution < -0.4 is 5.32 Å². The summed E-state index contributed by atoms with van der Waals surface area (Å²) in [6.45, 7) is 3.97.